The molecule has 1 aliphatic carbocycles. The van der Waals surface area contributed by atoms with Gasteiger partial charge in [-0.05, 0) is 56.2 Å². The van der Waals surface area contributed by atoms with E-state index in [2.05, 4.69) is 0 Å². The summed E-state index contributed by atoms with van der Waals surface area (Å²) in [6.07, 6.45) is 6.91. The van der Waals surface area contributed by atoms with Gasteiger partial charge in [-0.1, -0.05) is 18.9 Å². The van der Waals surface area contributed by atoms with Crippen LogP contribution >= 0.6 is 0 Å². The highest BCUT2D eigenvalue weighted by molar-refractivity contribution is 5.94. The van der Waals surface area contributed by atoms with Gasteiger partial charge in [0.15, 0.2) is 6.61 Å². The summed E-state index contributed by atoms with van der Waals surface area (Å²) in [6.45, 7) is 2.33. The molecule has 0 radical (unpaired) electrons. The Kier molecular flexibility index (Phi) is 5.07. The predicted molar refractivity (Wildman–Crippen MR) is 89.8 cm³/mol. The molecule has 2 fully saturated rings. The summed E-state index contributed by atoms with van der Waals surface area (Å²) in [7, 11) is 0. The lowest BCUT2D eigenvalue weighted by Gasteiger charge is -2.44. The zero-order chi connectivity index (χ0) is 17.1. The van der Waals surface area contributed by atoms with E-state index in [1.807, 2.05) is 11.8 Å². The van der Waals surface area contributed by atoms with Gasteiger partial charge in [-0.25, -0.2) is 4.79 Å². The van der Waals surface area contributed by atoms with E-state index in [1.165, 1.54) is 37.8 Å². The maximum Gasteiger partial charge on any atom is 0.342 e. The van der Waals surface area contributed by atoms with E-state index < -0.39 is 5.97 Å². The summed E-state index contributed by atoms with van der Waals surface area (Å²) in [5.74, 6) is -0.282. The highest BCUT2D eigenvalue weighted by atomic mass is 16.5. The van der Waals surface area contributed by atoms with Crippen LogP contribution in [-0.4, -0.2) is 41.1 Å². The number of nitrogens with zero attached hydrogens (tertiary/aromatic N) is 1. The molecule has 1 aromatic rings. The second-order valence-electron chi connectivity index (χ2n) is 6.94. The number of esters is 1. The molecule has 24 heavy (non-hydrogen) atoms. The molecule has 1 aromatic carbocycles. The third-order valence-corrected chi connectivity index (χ3v) is 5.26. The van der Waals surface area contributed by atoms with Crippen molar-refractivity contribution in [3.05, 3.63) is 29.3 Å². The van der Waals surface area contributed by atoms with Crippen molar-refractivity contribution in [1.29, 1.82) is 0 Å². The lowest BCUT2D eigenvalue weighted by molar-refractivity contribution is -0.140. The topological polar surface area (TPSA) is 66.8 Å². The zero-order valence-corrected chi connectivity index (χ0v) is 14.2. The number of carbonyl (C=O) groups excluding carboxylic acids is 2. The van der Waals surface area contributed by atoms with Crippen molar-refractivity contribution in [3.63, 3.8) is 0 Å². The van der Waals surface area contributed by atoms with Crippen LogP contribution in [0.15, 0.2) is 18.2 Å². The fraction of sp³-hybridized carbons (Fsp3) is 0.579. The van der Waals surface area contributed by atoms with Gasteiger partial charge in [0.1, 0.15) is 11.3 Å². The number of likely N-dealkylation sites (tertiary alicyclic amines) is 1. The Balaban J connectivity index is 1.59. The van der Waals surface area contributed by atoms with Crippen LogP contribution in [-0.2, 0) is 9.53 Å². The van der Waals surface area contributed by atoms with Crippen molar-refractivity contribution in [2.75, 3.05) is 13.2 Å². The van der Waals surface area contributed by atoms with Crippen molar-refractivity contribution < 1.29 is 19.4 Å². The Bertz CT molecular complexity index is 626. The van der Waals surface area contributed by atoms with E-state index in [0.717, 1.165) is 24.9 Å². The van der Waals surface area contributed by atoms with E-state index in [9.17, 15) is 14.7 Å². The van der Waals surface area contributed by atoms with Gasteiger partial charge in [0.05, 0.1) is 0 Å². The van der Waals surface area contributed by atoms with Crippen LogP contribution in [0.25, 0.3) is 0 Å². The van der Waals surface area contributed by atoms with E-state index in [4.69, 9.17) is 4.74 Å². The Morgan fingerprint density at radius 1 is 1.21 bits per heavy atom. The molecule has 0 aromatic heterocycles. The van der Waals surface area contributed by atoms with E-state index >= 15 is 0 Å². The molecule has 0 spiro atoms. The first kappa shape index (κ1) is 16.8. The molecule has 0 bridgehead atoms. The van der Waals surface area contributed by atoms with Crippen LogP contribution in [0.3, 0.4) is 0 Å². The number of aromatic hydroxyl groups is 1. The van der Waals surface area contributed by atoms with Crippen LogP contribution in [0, 0.1) is 12.8 Å². The van der Waals surface area contributed by atoms with Crippen molar-refractivity contribution in [1.82, 2.24) is 4.90 Å². The number of phenolic OH excluding ortho intramolecular Hbond substituents is 1. The van der Waals surface area contributed by atoms with Gasteiger partial charge in [0, 0.05) is 12.6 Å². The summed E-state index contributed by atoms with van der Waals surface area (Å²) in [6, 6.07) is 5.08. The van der Waals surface area contributed by atoms with Crippen LogP contribution < -0.4 is 0 Å². The quantitative estimate of drug-likeness (QED) is 0.865. The number of rotatable bonds is 3. The van der Waals surface area contributed by atoms with E-state index in [1.54, 1.807) is 6.07 Å². The highest BCUT2D eigenvalue weighted by Crippen LogP contribution is 2.35. The third kappa shape index (κ3) is 3.55. The molecule has 3 rings (SSSR count). The molecule has 2 aliphatic rings. The number of amides is 1. The average molecular weight is 331 g/mol. The molecule has 1 aliphatic heterocycles. The number of phenols is 1. The molecular weight excluding hydrogens is 306 g/mol. The number of fused-ring (bicyclic) bond motifs is 1. The summed E-state index contributed by atoms with van der Waals surface area (Å²) >= 11 is 0. The minimum Gasteiger partial charge on any atom is -0.507 e. The number of ether oxygens (including phenoxy) is 1. The largest absolute Gasteiger partial charge is 0.507 e. The molecule has 1 heterocycles. The van der Waals surface area contributed by atoms with Gasteiger partial charge in [-0.3, -0.25) is 4.79 Å². The van der Waals surface area contributed by atoms with Gasteiger partial charge >= 0.3 is 5.97 Å². The van der Waals surface area contributed by atoms with Crippen LogP contribution in [0.4, 0.5) is 0 Å². The van der Waals surface area contributed by atoms with Gasteiger partial charge < -0.3 is 14.7 Å². The SMILES string of the molecule is Cc1ccc(C(=O)OCC(=O)N2CCC[C@H]3CCCC[C@H]32)c(O)c1. The normalized spacial score (nSPS) is 23.5. The minimum absolute atomic E-state index is 0.0996. The Morgan fingerprint density at radius 3 is 2.75 bits per heavy atom. The van der Waals surface area contributed by atoms with Gasteiger partial charge in [-0.15, -0.1) is 0 Å². The number of hydrogen-bond donors (Lipinski definition) is 1. The number of hydrogen-bond acceptors (Lipinski definition) is 4. The van der Waals surface area contributed by atoms with E-state index in [0.29, 0.717) is 12.0 Å². The van der Waals surface area contributed by atoms with Gasteiger partial charge in [-0.2, -0.15) is 0 Å². The van der Waals surface area contributed by atoms with Gasteiger partial charge in [0.2, 0.25) is 0 Å². The first-order chi connectivity index (χ1) is 11.6. The number of benzene rings is 1. The van der Waals surface area contributed by atoms with Crippen molar-refractivity contribution in [2.45, 2.75) is 51.5 Å². The Hall–Kier alpha value is -2.04. The maximum atomic E-state index is 12.5. The second kappa shape index (κ2) is 7.24. The summed E-state index contributed by atoms with van der Waals surface area (Å²) in [4.78, 5) is 26.5. The first-order valence-electron chi connectivity index (χ1n) is 8.82. The smallest absolute Gasteiger partial charge is 0.342 e. The van der Waals surface area contributed by atoms with Crippen LogP contribution in [0.5, 0.6) is 5.75 Å². The van der Waals surface area contributed by atoms with Crippen molar-refractivity contribution in [3.8, 4) is 5.75 Å². The summed E-state index contributed by atoms with van der Waals surface area (Å²) in [5.41, 5.74) is 0.958. The molecule has 2 atom stereocenters. The fourth-order valence-corrected chi connectivity index (χ4v) is 4.04. The Labute approximate surface area is 142 Å². The van der Waals surface area contributed by atoms with E-state index in [-0.39, 0.29) is 23.8 Å². The lowest BCUT2D eigenvalue weighted by atomic mass is 9.78. The molecule has 5 nitrogen and oxygen atoms in total. The Morgan fingerprint density at radius 2 is 1.96 bits per heavy atom. The number of piperidine rings is 1. The summed E-state index contributed by atoms with van der Waals surface area (Å²) in [5, 5.41) is 9.83. The standard InChI is InChI=1S/C19H25NO4/c1-13-8-9-15(17(21)11-13)19(23)24-12-18(22)20-10-4-6-14-5-2-3-7-16(14)20/h8-9,11,14,16,21H,2-7,10,12H2,1H3/t14-,16-/m1/s1. The van der Waals surface area contributed by atoms with Crippen LogP contribution in [0.2, 0.25) is 0 Å². The zero-order valence-electron chi connectivity index (χ0n) is 14.2. The molecule has 0 unspecified atom stereocenters. The second-order valence-corrected chi connectivity index (χ2v) is 6.94. The molecule has 130 valence electrons. The maximum absolute atomic E-state index is 12.5. The average Bonchev–Trinajstić information content (AvgIpc) is 2.59. The van der Waals surface area contributed by atoms with Gasteiger partial charge in [0.25, 0.3) is 5.91 Å². The predicted octanol–water partition coefficient (Wildman–Crippen LogP) is 3.04. The number of carbonyl (C=O) groups is 2. The molecule has 5 heteroatoms. The molecule has 1 amide bonds. The third-order valence-electron chi connectivity index (χ3n) is 5.26. The molecule has 1 N–H and O–H groups in total. The highest BCUT2D eigenvalue weighted by Gasteiger charge is 2.35. The molecule has 1 saturated heterocycles. The van der Waals surface area contributed by atoms with Crippen LogP contribution in [0.1, 0.15) is 54.4 Å². The lowest BCUT2D eigenvalue weighted by Crippen LogP contribution is -2.50. The van der Waals surface area contributed by atoms with Crippen molar-refractivity contribution in [2.24, 2.45) is 5.92 Å². The molecular formula is C19H25NO4. The first-order valence-corrected chi connectivity index (χ1v) is 8.82. The minimum atomic E-state index is -0.655. The monoisotopic (exact) mass is 331 g/mol. The molecule has 1 saturated carbocycles. The fourth-order valence-electron chi connectivity index (χ4n) is 4.04. The van der Waals surface area contributed by atoms with Crippen molar-refractivity contribution >= 4 is 11.9 Å². The summed E-state index contributed by atoms with van der Waals surface area (Å²) < 4.78 is 5.15. The number of aryl methyl sites for hydroxylation is 1.